The molecule has 128 valence electrons. The van der Waals surface area contributed by atoms with Crippen molar-refractivity contribution in [1.29, 1.82) is 0 Å². The topological polar surface area (TPSA) is 63.2 Å². The van der Waals surface area contributed by atoms with Gasteiger partial charge in [-0.3, -0.25) is 4.79 Å². The van der Waals surface area contributed by atoms with Crippen molar-refractivity contribution < 1.29 is 9.53 Å². The molecule has 5 nitrogen and oxygen atoms in total. The van der Waals surface area contributed by atoms with Crippen molar-refractivity contribution in [1.82, 2.24) is 10.3 Å². The number of hydrogen-bond donors (Lipinski definition) is 2. The van der Waals surface area contributed by atoms with Crippen LogP contribution in [0.3, 0.4) is 0 Å². The molecule has 1 heterocycles. The summed E-state index contributed by atoms with van der Waals surface area (Å²) in [5.74, 6) is 1.56. The van der Waals surface area contributed by atoms with E-state index in [9.17, 15) is 4.79 Å². The summed E-state index contributed by atoms with van der Waals surface area (Å²) < 4.78 is 5.20. The fraction of sp³-hybridized carbons (Fsp3) is 0.333. The molecule has 0 saturated heterocycles. The summed E-state index contributed by atoms with van der Waals surface area (Å²) in [5.41, 5.74) is 0.874. The average molecular weight is 345 g/mol. The lowest BCUT2D eigenvalue weighted by Gasteiger charge is -2.18. The van der Waals surface area contributed by atoms with Gasteiger partial charge in [0.1, 0.15) is 11.8 Å². The Kier molecular flexibility index (Phi) is 7.42. The zero-order chi connectivity index (χ0) is 17.2. The third-order valence-corrected chi connectivity index (χ3v) is 4.37. The van der Waals surface area contributed by atoms with E-state index in [0.717, 1.165) is 22.2 Å². The molecule has 2 rings (SSSR count). The van der Waals surface area contributed by atoms with E-state index < -0.39 is 0 Å². The molecule has 1 atom stereocenters. The predicted octanol–water partition coefficient (Wildman–Crippen LogP) is 3.19. The van der Waals surface area contributed by atoms with Crippen LogP contribution in [0.4, 0.5) is 5.69 Å². The van der Waals surface area contributed by atoms with Crippen molar-refractivity contribution in [3.8, 4) is 5.75 Å². The van der Waals surface area contributed by atoms with Crippen LogP contribution in [0, 0.1) is 0 Å². The molecule has 2 N–H and O–H groups in total. The smallest absolute Gasteiger partial charge is 0.242 e. The number of benzene rings is 1. The van der Waals surface area contributed by atoms with Gasteiger partial charge in [-0.15, -0.1) is 11.8 Å². The summed E-state index contributed by atoms with van der Waals surface area (Å²) in [7, 11) is 1.63. The van der Waals surface area contributed by atoms with Gasteiger partial charge in [0.25, 0.3) is 0 Å². The van der Waals surface area contributed by atoms with Crippen LogP contribution in [0.1, 0.15) is 13.3 Å². The third kappa shape index (κ3) is 5.77. The molecule has 0 unspecified atom stereocenters. The van der Waals surface area contributed by atoms with E-state index in [0.29, 0.717) is 13.0 Å². The summed E-state index contributed by atoms with van der Waals surface area (Å²) in [6, 6.07) is 13.1. The number of methoxy groups -OCH3 is 1. The number of nitrogens with one attached hydrogen (secondary N) is 2. The van der Waals surface area contributed by atoms with Crippen molar-refractivity contribution in [3.63, 3.8) is 0 Å². The second-order valence-electron chi connectivity index (χ2n) is 5.14. The van der Waals surface area contributed by atoms with Gasteiger partial charge in [0.2, 0.25) is 5.91 Å². The molecule has 0 radical (unpaired) electrons. The van der Waals surface area contributed by atoms with Gasteiger partial charge >= 0.3 is 0 Å². The molecule has 1 amide bonds. The first-order chi connectivity index (χ1) is 11.7. The van der Waals surface area contributed by atoms with E-state index in [1.165, 1.54) is 0 Å². The lowest BCUT2D eigenvalue weighted by molar-refractivity contribution is -0.121. The van der Waals surface area contributed by atoms with E-state index in [1.54, 1.807) is 25.1 Å². The third-order valence-electron chi connectivity index (χ3n) is 3.42. The maximum Gasteiger partial charge on any atom is 0.242 e. The molecular formula is C18H23N3O2S. The summed E-state index contributed by atoms with van der Waals surface area (Å²) >= 11 is 1.63. The van der Waals surface area contributed by atoms with Gasteiger partial charge in [0, 0.05) is 30.2 Å². The Morgan fingerprint density at radius 1 is 1.29 bits per heavy atom. The number of aromatic nitrogens is 1. The van der Waals surface area contributed by atoms with E-state index >= 15 is 0 Å². The number of rotatable bonds is 9. The largest absolute Gasteiger partial charge is 0.497 e. The normalized spacial score (nSPS) is 11.6. The lowest BCUT2D eigenvalue weighted by Crippen LogP contribution is -2.40. The first kappa shape index (κ1) is 18.1. The maximum absolute atomic E-state index is 12.3. The standard InChI is InChI=1S/C18H23N3O2S/c1-3-16(21-14-7-6-8-15(13-14)23-2)18(22)20-11-12-24-17-9-4-5-10-19-17/h4-10,13,16,21H,3,11-12H2,1-2H3,(H,20,22)/t16-/m1/s1. The van der Waals surface area contributed by atoms with Gasteiger partial charge in [-0.1, -0.05) is 19.1 Å². The number of ether oxygens (including phenoxy) is 1. The van der Waals surface area contributed by atoms with Crippen molar-refractivity contribution in [2.75, 3.05) is 24.7 Å². The Bertz CT molecular complexity index is 637. The minimum absolute atomic E-state index is 0.00180. The second-order valence-corrected chi connectivity index (χ2v) is 6.26. The van der Waals surface area contributed by atoms with E-state index in [1.807, 2.05) is 49.4 Å². The van der Waals surface area contributed by atoms with Crippen LogP contribution < -0.4 is 15.4 Å². The first-order valence-electron chi connectivity index (χ1n) is 7.95. The molecule has 2 aromatic rings. The van der Waals surface area contributed by atoms with Gasteiger partial charge in [-0.05, 0) is 30.7 Å². The number of carbonyl (C=O) groups excluding carboxylic acids is 1. The van der Waals surface area contributed by atoms with E-state index in [4.69, 9.17) is 4.74 Å². The minimum Gasteiger partial charge on any atom is -0.497 e. The molecule has 1 aromatic heterocycles. The highest BCUT2D eigenvalue weighted by atomic mass is 32.2. The fourth-order valence-electron chi connectivity index (χ4n) is 2.15. The highest BCUT2D eigenvalue weighted by Gasteiger charge is 2.15. The van der Waals surface area contributed by atoms with Crippen molar-refractivity contribution >= 4 is 23.4 Å². The molecule has 24 heavy (non-hydrogen) atoms. The van der Waals surface area contributed by atoms with Crippen molar-refractivity contribution in [3.05, 3.63) is 48.7 Å². The summed E-state index contributed by atoms with van der Waals surface area (Å²) in [6.07, 6.45) is 2.47. The average Bonchev–Trinajstić information content (AvgIpc) is 2.64. The van der Waals surface area contributed by atoms with Crippen LogP contribution in [0.15, 0.2) is 53.7 Å². The fourth-order valence-corrected chi connectivity index (χ4v) is 2.88. The molecular weight excluding hydrogens is 322 g/mol. The van der Waals surface area contributed by atoms with Gasteiger partial charge in [0.05, 0.1) is 12.1 Å². The summed E-state index contributed by atoms with van der Waals surface area (Å²) in [4.78, 5) is 16.6. The van der Waals surface area contributed by atoms with Gasteiger partial charge in [0.15, 0.2) is 0 Å². The van der Waals surface area contributed by atoms with Gasteiger partial charge in [-0.2, -0.15) is 0 Å². The number of pyridine rings is 1. The van der Waals surface area contributed by atoms with Gasteiger partial charge < -0.3 is 15.4 Å². The van der Waals surface area contributed by atoms with Crippen LogP contribution >= 0.6 is 11.8 Å². The van der Waals surface area contributed by atoms with Gasteiger partial charge in [-0.25, -0.2) is 4.98 Å². The molecule has 0 aliphatic carbocycles. The molecule has 0 bridgehead atoms. The Morgan fingerprint density at radius 3 is 2.88 bits per heavy atom. The predicted molar refractivity (Wildman–Crippen MR) is 98.7 cm³/mol. The number of hydrogen-bond acceptors (Lipinski definition) is 5. The van der Waals surface area contributed by atoms with Crippen LogP contribution in [-0.4, -0.2) is 36.3 Å². The zero-order valence-electron chi connectivity index (χ0n) is 14.0. The molecule has 0 aliphatic heterocycles. The number of anilines is 1. The Labute approximate surface area is 147 Å². The van der Waals surface area contributed by atoms with Crippen molar-refractivity contribution in [2.24, 2.45) is 0 Å². The molecule has 1 aromatic carbocycles. The molecule has 0 fully saturated rings. The van der Waals surface area contributed by atoms with Crippen LogP contribution in [0.25, 0.3) is 0 Å². The SMILES string of the molecule is CC[C@@H](Nc1cccc(OC)c1)C(=O)NCCSc1ccccn1. The molecule has 6 heteroatoms. The van der Waals surface area contributed by atoms with Crippen LogP contribution in [0.5, 0.6) is 5.75 Å². The number of nitrogens with zero attached hydrogens (tertiary/aromatic N) is 1. The molecule has 0 saturated carbocycles. The molecule has 0 aliphatic rings. The first-order valence-corrected chi connectivity index (χ1v) is 8.93. The number of carbonyl (C=O) groups is 1. The maximum atomic E-state index is 12.3. The Balaban J connectivity index is 1.78. The summed E-state index contributed by atoms with van der Waals surface area (Å²) in [5, 5.41) is 7.19. The Morgan fingerprint density at radius 2 is 2.17 bits per heavy atom. The minimum atomic E-state index is -0.267. The van der Waals surface area contributed by atoms with Crippen molar-refractivity contribution in [2.45, 2.75) is 24.4 Å². The quantitative estimate of drug-likeness (QED) is 0.540. The highest BCUT2D eigenvalue weighted by Crippen LogP contribution is 2.18. The van der Waals surface area contributed by atoms with E-state index in [-0.39, 0.29) is 11.9 Å². The Hall–Kier alpha value is -2.21. The monoisotopic (exact) mass is 345 g/mol. The highest BCUT2D eigenvalue weighted by molar-refractivity contribution is 7.99. The summed E-state index contributed by atoms with van der Waals surface area (Å²) in [6.45, 7) is 2.59. The molecule has 0 spiro atoms. The second kappa shape index (κ2) is 9.82. The lowest BCUT2D eigenvalue weighted by atomic mass is 10.2. The number of amides is 1. The van der Waals surface area contributed by atoms with Crippen LogP contribution in [-0.2, 0) is 4.79 Å². The van der Waals surface area contributed by atoms with E-state index in [2.05, 4.69) is 15.6 Å². The zero-order valence-corrected chi connectivity index (χ0v) is 14.8. The number of thioether (sulfide) groups is 1. The van der Waals surface area contributed by atoms with Crippen LogP contribution in [0.2, 0.25) is 0 Å².